The highest BCUT2D eigenvalue weighted by Gasteiger charge is 2.33. The van der Waals surface area contributed by atoms with E-state index in [1.807, 2.05) is 12.1 Å². The van der Waals surface area contributed by atoms with E-state index in [4.69, 9.17) is 27.9 Å². The molecule has 0 saturated heterocycles. The number of carbonyl (C=O) groups is 2. The molecule has 7 heteroatoms. The number of carbonyl (C=O) groups excluding carboxylic acids is 2. The van der Waals surface area contributed by atoms with Crippen molar-refractivity contribution >= 4 is 46.8 Å². The summed E-state index contributed by atoms with van der Waals surface area (Å²) < 4.78 is 5.96. The lowest BCUT2D eigenvalue weighted by Crippen LogP contribution is -2.29. The van der Waals surface area contributed by atoms with Crippen molar-refractivity contribution in [3.05, 3.63) is 105 Å². The van der Waals surface area contributed by atoms with Crippen LogP contribution in [0.2, 0.25) is 10.0 Å². The zero-order valence-corrected chi connectivity index (χ0v) is 18.6. The third kappa shape index (κ3) is 4.74. The molecule has 0 aromatic heterocycles. The van der Waals surface area contributed by atoms with Gasteiger partial charge in [-0.1, -0.05) is 53.5 Å². The van der Waals surface area contributed by atoms with Crippen LogP contribution in [0.15, 0.2) is 83.5 Å². The Bertz CT molecular complexity index is 1240. The summed E-state index contributed by atoms with van der Waals surface area (Å²) in [6.45, 7) is 2.00. The zero-order valence-electron chi connectivity index (χ0n) is 17.1. The van der Waals surface area contributed by atoms with E-state index in [1.54, 1.807) is 73.7 Å². The molecule has 0 N–H and O–H groups in total. The van der Waals surface area contributed by atoms with E-state index in [2.05, 4.69) is 5.10 Å². The summed E-state index contributed by atoms with van der Waals surface area (Å²) in [6.07, 6.45) is 1.64. The molecule has 0 radical (unpaired) electrons. The number of nitrogens with zero attached hydrogens (tertiary/aromatic N) is 2. The minimum absolute atomic E-state index is 0.299. The molecular formula is C25H18Cl2N2O3. The fourth-order valence-electron chi connectivity index (χ4n) is 3.19. The molecule has 4 rings (SSSR count). The monoisotopic (exact) mass is 464 g/mol. The SMILES string of the molecule is CC1=NN(C(=O)c2ccccc2)C(=O)/C1=C/c1cc(Cl)ccc1OCc1ccc(Cl)cc1. The molecule has 0 aliphatic carbocycles. The Balaban J connectivity index is 1.59. The van der Waals surface area contributed by atoms with Gasteiger partial charge in [-0.05, 0) is 61.0 Å². The maximum atomic E-state index is 13.0. The second kappa shape index (κ2) is 9.39. The van der Waals surface area contributed by atoms with Crippen LogP contribution in [0.5, 0.6) is 5.75 Å². The average Bonchev–Trinajstić information content (AvgIpc) is 3.08. The third-order valence-electron chi connectivity index (χ3n) is 4.85. The van der Waals surface area contributed by atoms with Crippen molar-refractivity contribution in [2.75, 3.05) is 0 Å². The largest absolute Gasteiger partial charge is 0.488 e. The van der Waals surface area contributed by atoms with Gasteiger partial charge in [-0.15, -0.1) is 0 Å². The Labute approximate surface area is 195 Å². The standard InChI is InChI=1S/C25H18Cl2N2O3/c1-16-22(25(31)29(28-16)24(30)18-5-3-2-4-6-18)14-19-13-21(27)11-12-23(19)32-15-17-7-9-20(26)10-8-17/h2-14H,15H2,1H3/b22-14+. The van der Waals surface area contributed by atoms with E-state index >= 15 is 0 Å². The molecule has 3 aromatic carbocycles. The number of rotatable bonds is 5. The van der Waals surface area contributed by atoms with E-state index in [-0.39, 0.29) is 0 Å². The summed E-state index contributed by atoms with van der Waals surface area (Å²) in [4.78, 5) is 25.7. The Morgan fingerprint density at radius 3 is 2.41 bits per heavy atom. The molecule has 0 unspecified atom stereocenters. The fraction of sp³-hybridized carbons (Fsp3) is 0.0800. The van der Waals surface area contributed by atoms with Crippen LogP contribution < -0.4 is 4.74 Å². The maximum absolute atomic E-state index is 13.0. The molecule has 0 spiro atoms. The van der Waals surface area contributed by atoms with E-state index in [0.29, 0.717) is 44.8 Å². The molecule has 32 heavy (non-hydrogen) atoms. The first-order chi connectivity index (χ1) is 15.4. The summed E-state index contributed by atoms with van der Waals surface area (Å²) in [5, 5.41) is 6.20. The van der Waals surface area contributed by atoms with Gasteiger partial charge in [-0.2, -0.15) is 10.1 Å². The predicted molar refractivity (Wildman–Crippen MR) is 126 cm³/mol. The van der Waals surface area contributed by atoms with Crippen molar-refractivity contribution in [1.82, 2.24) is 5.01 Å². The molecule has 5 nitrogen and oxygen atoms in total. The molecule has 1 aliphatic rings. The van der Waals surface area contributed by atoms with Gasteiger partial charge < -0.3 is 4.74 Å². The van der Waals surface area contributed by atoms with Crippen LogP contribution in [0.3, 0.4) is 0 Å². The minimum atomic E-state index is -0.500. The normalized spacial score (nSPS) is 14.6. The maximum Gasteiger partial charge on any atom is 0.283 e. The lowest BCUT2D eigenvalue weighted by molar-refractivity contribution is -0.123. The Kier molecular flexibility index (Phi) is 6.40. The van der Waals surface area contributed by atoms with Crippen molar-refractivity contribution in [2.24, 2.45) is 5.10 Å². The second-order valence-electron chi connectivity index (χ2n) is 7.13. The van der Waals surface area contributed by atoms with Crippen molar-refractivity contribution in [1.29, 1.82) is 0 Å². The molecule has 1 aliphatic heterocycles. The molecule has 1 heterocycles. The number of hydrazone groups is 1. The van der Waals surface area contributed by atoms with Crippen LogP contribution >= 0.6 is 23.2 Å². The van der Waals surface area contributed by atoms with E-state index in [9.17, 15) is 9.59 Å². The summed E-state index contributed by atoms with van der Waals surface area (Å²) >= 11 is 12.1. The van der Waals surface area contributed by atoms with Crippen molar-refractivity contribution in [3.63, 3.8) is 0 Å². The van der Waals surface area contributed by atoms with E-state index in [1.165, 1.54) is 0 Å². The van der Waals surface area contributed by atoms with E-state index in [0.717, 1.165) is 10.6 Å². The van der Waals surface area contributed by atoms with Crippen LogP contribution in [-0.2, 0) is 11.4 Å². The van der Waals surface area contributed by atoms with Crippen LogP contribution in [0, 0.1) is 0 Å². The molecular weight excluding hydrogens is 447 g/mol. The number of hydrogen-bond acceptors (Lipinski definition) is 4. The van der Waals surface area contributed by atoms with E-state index < -0.39 is 11.8 Å². The van der Waals surface area contributed by atoms with Gasteiger partial charge in [0.2, 0.25) is 0 Å². The van der Waals surface area contributed by atoms with Gasteiger partial charge in [0.25, 0.3) is 11.8 Å². The molecule has 2 amide bonds. The van der Waals surface area contributed by atoms with Gasteiger partial charge in [-0.3, -0.25) is 9.59 Å². The second-order valence-corrected chi connectivity index (χ2v) is 8.00. The highest BCUT2D eigenvalue weighted by molar-refractivity contribution is 6.32. The molecule has 0 saturated carbocycles. The summed E-state index contributed by atoms with van der Waals surface area (Å²) in [5.41, 5.74) is 2.67. The first-order valence-corrected chi connectivity index (χ1v) is 10.6. The third-order valence-corrected chi connectivity index (χ3v) is 5.34. The van der Waals surface area contributed by atoms with Crippen molar-refractivity contribution < 1.29 is 14.3 Å². The number of amides is 2. The Hall–Kier alpha value is -3.41. The van der Waals surface area contributed by atoms with Crippen molar-refractivity contribution in [2.45, 2.75) is 13.5 Å². The minimum Gasteiger partial charge on any atom is -0.488 e. The topological polar surface area (TPSA) is 59.0 Å². The lowest BCUT2D eigenvalue weighted by atomic mass is 10.1. The quantitative estimate of drug-likeness (QED) is 0.342. The Morgan fingerprint density at radius 2 is 1.69 bits per heavy atom. The highest BCUT2D eigenvalue weighted by atomic mass is 35.5. The van der Waals surface area contributed by atoms with Crippen molar-refractivity contribution in [3.8, 4) is 5.75 Å². The van der Waals surface area contributed by atoms with Crippen LogP contribution in [0.25, 0.3) is 6.08 Å². The lowest BCUT2D eigenvalue weighted by Gasteiger charge is -2.11. The van der Waals surface area contributed by atoms with Gasteiger partial charge >= 0.3 is 0 Å². The first-order valence-electron chi connectivity index (χ1n) is 9.80. The number of ether oxygens (including phenoxy) is 1. The highest BCUT2D eigenvalue weighted by Crippen LogP contribution is 2.29. The predicted octanol–water partition coefficient (Wildman–Crippen LogP) is 6.01. The smallest absolute Gasteiger partial charge is 0.283 e. The van der Waals surface area contributed by atoms with Gasteiger partial charge in [0, 0.05) is 21.2 Å². The first kappa shape index (κ1) is 21.8. The number of imide groups is 1. The molecule has 0 fully saturated rings. The summed E-state index contributed by atoms with van der Waals surface area (Å²) in [7, 11) is 0. The zero-order chi connectivity index (χ0) is 22.7. The van der Waals surface area contributed by atoms with Crippen LogP contribution in [-0.4, -0.2) is 22.5 Å². The van der Waals surface area contributed by atoms with Gasteiger partial charge in [0.15, 0.2) is 0 Å². The number of halogens is 2. The summed E-state index contributed by atoms with van der Waals surface area (Å²) in [5.74, 6) is -0.436. The average molecular weight is 465 g/mol. The number of benzene rings is 3. The summed E-state index contributed by atoms with van der Waals surface area (Å²) in [6, 6.07) is 21.0. The van der Waals surface area contributed by atoms with Gasteiger partial charge in [0.05, 0.1) is 11.3 Å². The molecule has 0 bridgehead atoms. The fourth-order valence-corrected chi connectivity index (χ4v) is 3.49. The Morgan fingerprint density at radius 1 is 1.00 bits per heavy atom. The van der Waals surface area contributed by atoms with Crippen LogP contribution in [0.1, 0.15) is 28.4 Å². The van der Waals surface area contributed by atoms with Crippen LogP contribution in [0.4, 0.5) is 0 Å². The van der Waals surface area contributed by atoms with Gasteiger partial charge in [-0.25, -0.2) is 0 Å². The number of hydrogen-bond donors (Lipinski definition) is 0. The molecule has 160 valence electrons. The van der Waals surface area contributed by atoms with Gasteiger partial charge in [0.1, 0.15) is 12.4 Å². The molecule has 3 aromatic rings. The molecule has 0 atom stereocenters.